The summed E-state index contributed by atoms with van der Waals surface area (Å²) >= 11 is 5.57. The van der Waals surface area contributed by atoms with Gasteiger partial charge in [0.25, 0.3) is 5.91 Å². The fourth-order valence-electron chi connectivity index (χ4n) is 4.09. The molecule has 1 heterocycles. The van der Waals surface area contributed by atoms with Crippen LogP contribution in [0.2, 0.25) is 5.02 Å². The SMILES string of the molecule is CCNC(=O)CN1CC2(CC(CNC(=O)c3cc(F)cc(Cl)c3F)C2)C1. The van der Waals surface area contributed by atoms with Crippen LogP contribution in [0, 0.1) is 23.0 Å². The topological polar surface area (TPSA) is 61.4 Å². The van der Waals surface area contributed by atoms with E-state index in [9.17, 15) is 18.4 Å². The van der Waals surface area contributed by atoms with Gasteiger partial charge in [-0.05, 0) is 43.2 Å². The normalized spacial score (nSPS) is 18.9. The van der Waals surface area contributed by atoms with Crippen LogP contribution in [0.5, 0.6) is 0 Å². The van der Waals surface area contributed by atoms with Gasteiger partial charge in [-0.15, -0.1) is 0 Å². The third-order valence-corrected chi connectivity index (χ3v) is 5.37. The van der Waals surface area contributed by atoms with Crippen molar-refractivity contribution in [2.45, 2.75) is 19.8 Å². The minimum Gasteiger partial charge on any atom is -0.355 e. The maximum atomic E-state index is 13.8. The van der Waals surface area contributed by atoms with Gasteiger partial charge in [-0.2, -0.15) is 0 Å². The van der Waals surface area contributed by atoms with E-state index in [0.29, 0.717) is 25.6 Å². The molecule has 2 fully saturated rings. The fraction of sp³-hybridized carbons (Fsp3) is 0.556. The van der Waals surface area contributed by atoms with Crippen molar-refractivity contribution in [1.29, 1.82) is 0 Å². The van der Waals surface area contributed by atoms with Crippen LogP contribution in [0.25, 0.3) is 0 Å². The molecule has 2 aliphatic rings. The van der Waals surface area contributed by atoms with Gasteiger partial charge in [0.2, 0.25) is 5.91 Å². The van der Waals surface area contributed by atoms with Gasteiger partial charge in [0.05, 0.1) is 17.1 Å². The van der Waals surface area contributed by atoms with Crippen LogP contribution in [0.4, 0.5) is 8.78 Å². The maximum Gasteiger partial charge on any atom is 0.254 e. The van der Waals surface area contributed by atoms with Crippen LogP contribution >= 0.6 is 11.6 Å². The molecule has 0 aromatic heterocycles. The van der Waals surface area contributed by atoms with Crippen molar-refractivity contribution in [3.63, 3.8) is 0 Å². The molecule has 1 aliphatic heterocycles. The Hall–Kier alpha value is -1.73. The summed E-state index contributed by atoms with van der Waals surface area (Å²) in [4.78, 5) is 25.7. The smallest absolute Gasteiger partial charge is 0.254 e. The molecule has 1 aromatic rings. The predicted molar refractivity (Wildman–Crippen MR) is 94.0 cm³/mol. The minimum atomic E-state index is -0.907. The molecule has 2 N–H and O–H groups in total. The highest BCUT2D eigenvalue weighted by molar-refractivity contribution is 6.31. The summed E-state index contributed by atoms with van der Waals surface area (Å²) in [7, 11) is 0. The summed E-state index contributed by atoms with van der Waals surface area (Å²) in [5.41, 5.74) is -0.129. The van der Waals surface area contributed by atoms with E-state index in [1.54, 1.807) is 0 Å². The standard InChI is InChI=1S/C18H22ClF2N3O2/c1-2-22-15(25)8-24-9-18(10-24)5-11(6-18)7-23-17(26)13-3-12(20)4-14(19)16(13)21/h3-4,11H,2,5-10H2,1H3,(H,22,25)(H,23,26). The number of rotatable bonds is 6. The Kier molecular flexibility index (Phi) is 5.48. The first kappa shape index (κ1) is 19.0. The summed E-state index contributed by atoms with van der Waals surface area (Å²) in [6.07, 6.45) is 1.93. The van der Waals surface area contributed by atoms with Gasteiger partial charge < -0.3 is 10.6 Å². The van der Waals surface area contributed by atoms with Gasteiger partial charge in [0, 0.05) is 26.2 Å². The van der Waals surface area contributed by atoms with E-state index in [4.69, 9.17) is 11.6 Å². The van der Waals surface area contributed by atoms with Crippen molar-refractivity contribution in [2.75, 3.05) is 32.7 Å². The van der Waals surface area contributed by atoms with E-state index < -0.39 is 22.6 Å². The molecule has 0 bridgehead atoms. The quantitative estimate of drug-likeness (QED) is 0.738. The number of amides is 2. The molecule has 1 aromatic carbocycles. The number of hydrogen-bond donors (Lipinski definition) is 2. The van der Waals surface area contributed by atoms with Crippen LogP contribution in [0.3, 0.4) is 0 Å². The van der Waals surface area contributed by atoms with Crippen molar-refractivity contribution in [3.05, 3.63) is 34.4 Å². The summed E-state index contributed by atoms with van der Waals surface area (Å²) in [6.45, 7) is 5.16. The number of carbonyl (C=O) groups is 2. The second kappa shape index (κ2) is 7.48. The number of benzene rings is 1. The van der Waals surface area contributed by atoms with Crippen molar-refractivity contribution < 1.29 is 18.4 Å². The molecule has 3 rings (SSSR count). The zero-order valence-electron chi connectivity index (χ0n) is 14.6. The Morgan fingerprint density at radius 2 is 1.96 bits per heavy atom. The molecule has 142 valence electrons. The summed E-state index contributed by atoms with van der Waals surface area (Å²) in [5.74, 6) is -1.95. The summed E-state index contributed by atoms with van der Waals surface area (Å²) < 4.78 is 27.2. The molecule has 5 nitrogen and oxygen atoms in total. The molecule has 1 saturated carbocycles. The van der Waals surface area contributed by atoms with Gasteiger partial charge in [-0.3, -0.25) is 14.5 Å². The Balaban J connectivity index is 1.41. The van der Waals surface area contributed by atoms with Crippen molar-refractivity contribution in [1.82, 2.24) is 15.5 Å². The zero-order chi connectivity index (χ0) is 18.9. The highest BCUT2D eigenvalue weighted by Crippen LogP contribution is 2.51. The lowest BCUT2D eigenvalue weighted by molar-refractivity contribution is -0.132. The lowest BCUT2D eigenvalue weighted by Crippen LogP contribution is -2.64. The van der Waals surface area contributed by atoms with Gasteiger partial charge in [0.15, 0.2) is 5.82 Å². The molecule has 0 atom stereocenters. The van der Waals surface area contributed by atoms with E-state index >= 15 is 0 Å². The predicted octanol–water partition coefficient (Wildman–Crippen LogP) is 2.20. The number of likely N-dealkylation sites (N-methyl/N-ethyl adjacent to an activating group) is 1. The molecule has 26 heavy (non-hydrogen) atoms. The maximum absolute atomic E-state index is 13.8. The second-order valence-corrected chi connectivity index (χ2v) is 7.74. The van der Waals surface area contributed by atoms with Crippen molar-refractivity contribution >= 4 is 23.4 Å². The van der Waals surface area contributed by atoms with E-state index in [1.165, 1.54) is 0 Å². The Morgan fingerprint density at radius 1 is 1.27 bits per heavy atom. The van der Waals surface area contributed by atoms with Crippen LogP contribution < -0.4 is 10.6 Å². The fourth-order valence-corrected chi connectivity index (χ4v) is 4.30. The molecule has 8 heteroatoms. The molecular formula is C18H22ClF2N3O2. The number of halogens is 3. The number of hydrogen-bond acceptors (Lipinski definition) is 3. The van der Waals surface area contributed by atoms with Crippen LogP contribution in [0.1, 0.15) is 30.1 Å². The summed E-state index contributed by atoms with van der Waals surface area (Å²) in [5, 5.41) is 5.04. The molecule has 1 spiro atoms. The Bertz CT molecular complexity index is 715. The summed E-state index contributed by atoms with van der Waals surface area (Å²) in [6, 6.07) is 1.69. The molecule has 0 unspecified atom stereocenters. The number of nitrogens with one attached hydrogen (secondary N) is 2. The first-order valence-corrected chi connectivity index (χ1v) is 9.11. The average Bonchev–Trinajstić information content (AvgIpc) is 2.50. The van der Waals surface area contributed by atoms with Gasteiger partial charge in [-0.25, -0.2) is 8.78 Å². The third-order valence-electron chi connectivity index (χ3n) is 5.09. The first-order chi connectivity index (χ1) is 12.3. The number of carbonyl (C=O) groups excluding carboxylic acids is 2. The molecule has 0 radical (unpaired) electrons. The lowest BCUT2D eigenvalue weighted by Gasteiger charge is -2.59. The Labute approximate surface area is 156 Å². The van der Waals surface area contributed by atoms with Crippen LogP contribution in [-0.2, 0) is 4.79 Å². The largest absolute Gasteiger partial charge is 0.355 e. The molecule has 1 aliphatic carbocycles. The zero-order valence-corrected chi connectivity index (χ0v) is 15.3. The van der Waals surface area contributed by atoms with E-state index in [2.05, 4.69) is 15.5 Å². The third kappa shape index (κ3) is 3.99. The van der Waals surface area contributed by atoms with Gasteiger partial charge >= 0.3 is 0 Å². The number of likely N-dealkylation sites (tertiary alicyclic amines) is 1. The van der Waals surface area contributed by atoms with Crippen LogP contribution in [-0.4, -0.2) is 49.4 Å². The lowest BCUT2D eigenvalue weighted by atomic mass is 9.57. The Morgan fingerprint density at radius 3 is 2.62 bits per heavy atom. The molecule has 1 saturated heterocycles. The minimum absolute atomic E-state index is 0.0428. The highest BCUT2D eigenvalue weighted by atomic mass is 35.5. The monoisotopic (exact) mass is 385 g/mol. The molecular weight excluding hydrogens is 364 g/mol. The number of nitrogens with zero attached hydrogens (tertiary/aromatic N) is 1. The highest BCUT2D eigenvalue weighted by Gasteiger charge is 2.52. The van der Waals surface area contributed by atoms with Crippen molar-refractivity contribution in [3.8, 4) is 0 Å². The van der Waals surface area contributed by atoms with Crippen molar-refractivity contribution in [2.24, 2.45) is 11.3 Å². The van der Waals surface area contributed by atoms with E-state index in [-0.39, 0.29) is 16.9 Å². The van der Waals surface area contributed by atoms with Gasteiger partial charge in [-0.1, -0.05) is 11.6 Å². The van der Waals surface area contributed by atoms with E-state index in [1.807, 2.05) is 6.92 Å². The van der Waals surface area contributed by atoms with Crippen LogP contribution in [0.15, 0.2) is 12.1 Å². The second-order valence-electron chi connectivity index (χ2n) is 7.33. The van der Waals surface area contributed by atoms with E-state index in [0.717, 1.165) is 38.1 Å². The molecule has 2 amide bonds. The first-order valence-electron chi connectivity index (χ1n) is 8.74. The average molecular weight is 386 g/mol. The van der Waals surface area contributed by atoms with Gasteiger partial charge in [0.1, 0.15) is 5.82 Å².